The average Bonchev–Trinajstić information content (AvgIpc) is 2.61. The number of rotatable bonds is 8. The summed E-state index contributed by atoms with van der Waals surface area (Å²) in [6.07, 6.45) is 0. The Bertz CT molecular complexity index is 660. The number of benzene rings is 2. The van der Waals surface area contributed by atoms with Crippen molar-refractivity contribution >= 4 is 21.8 Å². The van der Waals surface area contributed by atoms with Crippen LogP contribution >= 0.6 is 15.9 Å². The largest absolute Gasteiger partial charge is 0.493 e. The van der Waals surface area contributed by atoms with Gasteiger partial charge in [-0.1, -0.05) is 28.1 Å². The zero-order valence-corrected chi connectivity index (χ0v) is 15.3. The minimum absolute atomic E-state index is 0.00715. The SMILES string of the molecule is COc1ccccc1OCCN(C)C(=O)COc1ccc(Br)cc1. The fraction of sp³-hybridized carbons (Fsp3) is 0.278. The minimum atomic E-state index is -0.110. The van der Waals surface area contributed by atoms with E-state index < -0.39 is 0 Å². The third kappa shape index (κ3) is 5.45. The van der Waals surface area contributed by atoms with Crippen molar-refractivity contribution in [3.63, 3.8) is 0 Å². The molecule has 6 heteroatoms. The zero-order chi connectivity index (χ0) is 17.4. The maximum Gasteiger partial charge on any atom is 0.260 e. The number of hydrogen-bond donors (Lipinski definition) is 0. The van der Waals surface area contributed by atoms with Crippen LogP contribution in [0.4, 0.5) is 0 Å². The number of carbonyl (C=O) groups is 1. The molecule has 0 radical (unpaired) electrons. The molecule has 2 rings (SSSR count). The van der Waals surface area contributed by atoms with Gasteiger partial charge in [-0.3, -0.25) is 4.79 Å². The van der Waals surface area contributed by atoms with Crippen molar-refractivity contribution < 1.29 is 19.0 Å². The fourth-order valence-corrected chi connectivity index (χ4v) is 2.21. The van der Waals surface area contributed by atoms with E-state index in [1.807, 2.05) is 48.5 Å². The van der Waals surface area contributed by atoms with Crippen molar-refractivity contribution in [1.29, 1.82) is 0 Å². The van der Waals surface area contributed by atoms with Crippen molar-refractivity contribution in [1.82, 2.24) is 4.90 Å². The van der Waals surface area contributed by atoms with Gasteiger partial charge in [-0.05, 0) is 36.4 Å². The lowest BCUT2D eigenvalue weighted by molar-refractivity contribution is -0.132. The van der Waals surface area contributed by atoms with Gasteiger partial charge < -0.3 is 19.1 Å². The molecule has 0 spiro atoms. The van der Waals surface area contributed by atoms with E-state index in [9.17, 15) is 4.79 Å². The molecule has 0 saturated carbocycles. The van der Waals surface area contributed by atoms with E-state index in [0.29, 0.717) is 30.4 Å². The highest BCUT2D eigenvalue weighted by Gasteiger charge is 2.10. The van der Waals surface area contributed by atoms with Crippen molar-refractivity contribution in [2.75, 3.05) is 33.9 Å². The first-order chi connectivity index (χ1) is 11.6. The number of hydrogen-bond acceptors (Lipinski definition) is 4. The molecule has 0 heterocycles. The van der Waals surface area contributed by atoms with Gasteiger partial charge in [0, 0.05) is 11.5 Å². The second kappa shape index (κ2) is 9.17. The third-order valence-electron chi connectivity index (χ3n) is 3.36. The Morgan fingerprint density at radius 1 is 1.04 bits per heavy atom. The van der Waals surface area contributed by atoms with Crippen molar-refractivity contribution in [2.45, 2.75) is 0 Å². The lowest BCUT2D eigenvalue weighted by Gasteiger charge is -2.18. The van der Waals surface area contributed by atoms with Crippen LogP contribution in [0.5, 0.6) is 17.2 Å². The van der Waals surface area contributed by atoms with Gasteiger partial charge in [0.25, 0.3) is 5.91 Å². The second-order valence-electron chi connectivity index (χ2n) is 5.06. The summed E-state index contributed by atoms with van der Waals surface area (Å²) in [7, 11) is 3.32. The number of nitrogens with zero attached hydrogens (tertiary/aromatic N) is 1. The van der Waals surface area contributed by atoms with Crippen LogP contribution in [0.15, 0.2) is 53.0 Å². The molecule has 2 aromatic carbocycles. The first kappa shape index (κ1) is 18.1. The fourth-order valence-electron chi connectivity index (χ4n) is 1.94. The van der Waals surface area contributed by atoms with Gasteiger partial charge in [0.1, 0.15) is 12.4 Å². The highest BCUT2D eigenvalue weighted by Crippen LogP contribution is 2.25. The first-order valence-electron chi connectivity index (χ1n) is 7.48. The van der Waals surface area contributed by atoms with Gasteiger partial charge in [0.2, 0.25) is 0 Å². The number of amides is 1. The van der Waals surface area contributed by atoms with E-state index in [0.717, 1.165) is 4.47 Å². The van der Waals surface area contributed by atoms with Gasteiger partial charge >= 0.3 is 0 Å². The number of methoxy groups -OCH3 is 1. The number of ether oxygens (including phenoxy) is 3. The Labute approximate surface area is 150 Å². The lowest BCUT2D eigenvalue weighted by Crippen LogP contribution is -2.34. The van der Waals surface area contributed by atoms with Crippen molar-refractivity contribution in [3.05, 3.63) is 53.0 Å². The van der Waals surface area contributed by atoms with Crippen LogP contribution in [0.25, 0.3) is 0 Å². The molecular weight excluding hydrogens is 374 g/mol. The zero-order valence-electron chi connectivity index (χ0n) is 13.7. The molecule has 5 nitrogen and oxygen atoms in total. The molecule has 2 aromatic rings. The van der Waals surface area contributed by atoms with Crippen molar-refractivity contribution in [2.24, 2.45) is 0 Å². The van der Waals surface area contributed by atoms with Crippen LogP contribution in [0.2, 0.25) is 0 Å². The van der Waals surface area contributed by atoms with Crippen LogP contribution in [-0.2, 0) is 4.79 Å². The van der Waals surface area contributed by atoms with Crippen LogP contribution in [-0.4, -0.2) is 44.7 Å². The van der Waals surface area contributed by atoms with Crippen LogP contribution in [0, 0.1) is 0 Å². The lowest BCUT2D eigenvalue weighted by atomic mass is 10.3. The van der Waals surface area contributed by atoms with Gasteiger partial charge in [0.05, 0.1) is 13.7 Å². The molecule has 0 aliphatic carbocycles. The summed E-state index contributed by atoms with van der Waals surface area (Å²) in [4.78, 5) is 13.6. The van der Waals surface area contributed by atoms with Crippen molar-refractivity contribution in [3.8, 4) is 17.2 Å². The monoisotopic (exact) mass is 393 g/mol. The molecular formula is C18H20BrNO4. The first-order valence-corrected chi connectivity index (χ1v) is 8.27. The predicted molar refractivity (Wildman–Crippen MR) is 95.8 cm³/mol. The van der Waals surface area contributed by atoms with E-state index >= 15 is 0 Å². The summed E-state index contributed by atoms with van der Waals surface area (Å²) >= 11 is 3.35. The summed E-state index contributed by atoms with van der Waals surface area (Å²) in [6.45, 7) is 0.828. The Kier molecular flexibility index (Phi) is 6.93. The van der Waals surface area contributed by atoms with E-state index in [1.165, 1.54) is 0 Å². The summed E-state index contributed by atoms with van der Waals surface area (Å²) in [5.41, 5.74) is 0. The van der Waals surface area contributed by atoms with E-state index in [1.54, 1.807) is 19.1 Å². The van der Waals surface area contributed by atoms with Crippen LogP contribution < -0.4 is 14.2 Å². The van der Waals surface area contributed by atoms with Crippen LogP contribution in [0.1, 0.15) is 0 Å². The predicted octanol–water partition coefficient (Wildman–Crippen LogP) is 3.37. The van der Waals surface area contributed by atoms with E-state index in [4.69, 9.17) is 14.2 Å². The molecule has 0 aliphatic heterocycles. The minimum Gasteiger partial charge on any atom is -0.493 e. The Morgan fingerprint density at radius 2 is 1.71 bits per heavy atom. The van der Waals surface area contributed by atoms with Gasteiger partial charge in [0.15, 0.2) is 18.1 Å². The van der Waals surface area contributed by atoms with E-state index in [-0.39, 0.29) is 12.5 Å². The number of likely N-dealkylation sites (N-methyl/N-ethyl adjacent to an activating group) is 1. The quantitative estimate of drug-likeness (QED) is 0.689. The Morgan fingerprint density at radius 3 is 2.38 bits per heavy atom. The molecule has 0 unspecified atom stereocenters. The van der Waals surface area contributed by atoms with Gasteiger partial charge in [-0.25, -0.2) is 0 Å². The molecule has 24 heavy (non-hydrogen) atoms. The highest BCUT2D eigenvalue weighted by atomic mass is 79.9. The molecule has 0 aromatic heterocycles. The molecule has 0 saturated heterocycles. The summed E-state index contributed by atoms with van der Waals surface area (Å²) in [5, 5.41) is 0. The molecule has 0 fully saturated rings. The molecule has 128 valence electrons. The third-order valence-corrected chi connectivity index (χ3v) is 3.88. The molecule has 1 amide bonds. The maximum absolute atomic E-state index is 12.1. The highest BCUT2D eigenvalue weighted by molar-refractivity contribution is 9.10. The van der Waals surface area contributed by atoms with E-state index in [2.05, 4.69) is 15.9 Å². The summed E-state index contributed by atoms with van der Waals surface area (Å²) in [5.74, 6) is 1.88. The molecule has 0 N–H and O–H groups in total. The maximum atomic E-state index is 12.1. The second-order valence-corrected chi connectivity index (χ2v) is 5.97. The van der Waals surface area contributed by atoms with Crippen LogP contribution in [0.3, 0.4) is 0 Å². The number of para-hydroxylation sites is 2. The Balaban J connectivity index is 1.74. The number of carbonyl (C=O) groups excluding carboxylic acids is 1. The Hall–Kier alpha value is -2.21. The van der Waals surface area contributed by atoms with Gasteiger partial charge in [-0.2, -0.15) is 0 Å². The molecule has 0 atom stereocenters. The van der Waals surface area contributed by atoms with Gasteiger partial charge in [-0.15, -0.1) is 0 Å². The molecule has 0 bridgehead atoms. The standard InChI is InChI=1S/C18H20BrNO4/c1-20(11-12-23-17-6-4-3-5-16(17)22-2)18(21)13-24-15-9-7-14(19)8-10-15/h3-10H,11-13H2,1-2H3. The average molecular weight is 394 g/mol. The number of halogens is 1. The normalized spacial score (nSPS) is 10.1. The molecule has 0 aliphatic rings. The smallest absolute Gasteiger partial charge is 0.260 e. The summed E-state index contributed by atoms with van der Waals surface area (Å²) < 4.78 is 17.3. The summed E-state index contributed by atoms with van der Waals surface area (Å²) in [6, 6.07) is 14.8. The topological polar surface area (TPSA) is 48.0 Å².